The molecule has 3 rings (SSSR count). The Hall–Kier alpha value is -2.04. The molecule has 2 aliphatic heterocycles. The van der Waals surface area contributed by atoms with Gasteiger partial charge in [0, 0.05) is 44.8 Å². The number of para-hydroxylation sites is 1. The lowest BCUT2D eigenvalue weighted by atomic mass is 10.1. The Labute approximate surface area is 144 Å². The van der Waals surface area contributed by atoms with E-state index >= 15 is 0 Å². The lowest BCUT2D eigenvalue weighted by Crippen LogP contribution is -2.43. The van der Waals surface area contributed by atoms with Crippen LogP contribution in [0.4, 0.5) is 5.69 Å². The van der Waals surface area contributed by atoms with Crippen molar-refractivity contribution in [3.05, 3.63) is 29.8 Å². The zero-order valence-corrected chi connectivity index (χ0v) is 14.8. The number of fused-ring (bicyclic) bond motifs is 1. The first-order valence-corrected chi connectivity index (χ1v) is 9.10. The van der Waals surface area contributed by atoms with Crippen LogP contribution in [0.25, 0.3) is 0 Å². The zero-order chi connectivity index (χ0) is 16.9. The van der Waals surface area contributed by atoms with E-state index < -0.39 is 0 Å². The first-order chi connectivity index (χ1) is 11.7. The van der Waals surface area contributed by atoms with E-state index in [2.05, 4.69) is 51.3 Å². The van der Waals surface area contributed by atoms with Crippen LogP contribution in [0.1, 0.15) is 38.2 Å². The first-order valence-electron chi connectivity index (χ1n) is 9.10. The Morgan fingerprint density at radius 3 is 2.83 bits per heavy atom. The number of anilines is 1. The molecule has 130 valence electrons. The Balaban J connectivity index is 1.56. The SMILES string of the molecule is CCC(CCNC(=NC)N1CCc2ccccc21)N1CCCC1=O. The van der Waals surface area contributed by atoms with Crippen LogP contribution in [0, 0.1) is 0 Å². The molecule has 1 amide bonds. The van der Waals surface area contributed by atoms with Gasteiger partial charge in [0.1, 0.15) is 0 Å². The van der Waals surface area contributed by atoms with Gasteiger partial charge in [-0.25, -0.2) is 0 Å². The normalized spacial score (nSPS) is 18.9. The van der Waals surface area contributed by atoms with Crippen molar-refractivity contribution in [1.82, 2.24) is 10.2 Å². The van der Waals surface area contributed by atoms with Crippen molar-refractivity contribution in [1.29, 1.82) is 0 Å². The third-order valence-electron chi connectivity index (χ3n) is 5.14. The second-order valence-corrected chi connectivity index (χ2v) is 6.55. The average molecular weight is 328 g/mol. The molecule has 1 aromatic carbocycles. The van der Waals surface area contributed by atoms with Gasteiger partial charge in [0.15, 0.2) is 5.96 Å². The molecule has 5 heteroatoms. The van der Waals surface area contributed by atoms with Gasteiger partial charge in [0.05, 0.1) is 0 Å². The Morgan fingerprint density at radius 1 is 1.29 bits per heavy atom. The van der Waals surface area contributed by atoms with Gasteiger partial charge in [-0.05, 0) is 37.3 Å². The van der Waals surface area contributed by atoms with Gasteiger partial charge < -0.3 is 15.1 Å². The summed E-state index contributed by atoms with van der Waals surface area (Å²) in [7, 11) is 1.84. The highest BCUT2D eigenvalue weighted by Gasteiger charge is 2.27. The van der Waals surface area contributed by atoms with Gasteiger partial charge in [-0.1, -0.05) is 25.1 Å². The highest BCUT2D eigenvalue weighted by molar-refractivity contribution is 5.97. The molecular weight excluding hydrogens is 300 g/mol. The molecule has 5 nitrogen and oxygen atoms in total. The van der Waals surface area contributed by atoms with Gasteiger partial charge in [0.25, 0.3) is 0 Å². The molecule has 2 aliphatic rings. The number of carbonyl (C=O) groups is 1. The summed E-state index contributed by atoms with van der Waals surface area (Å²) in [6.07, 6.45) is 4.78. The van der Waals surface area contributed by atoms with E-state index in [0.717, 1.165) is 57.7 Å². The number of hydrogen-bond acceptors (Lipinski definition) is 2. The molecule has 2 heterocycles. The maximum absolute atomic E-state index is 11.9. The Bertz CT molecular complexity index is 613. The van der Waals surface area contributed by atoms with Crippen LogP contribution >= 0.6 is 0 Å². The molecule has 0 spiro atoms. The summed E-state index contributed by atoms with van der Waals surface area (Å²) in [4.78, 5) is 20.7. The molecule has 1 fully saturated rings. The second-order valence-electron chi connectivity index (χ2n) is 6.55. The fourth-order valence-electron chi connectivity index (χ4n) is 3.84. The summed E-state index contributed by atoms with van der Waals surface area (Å²) in [6.45, 7) is 4.90. The predicted octanol–water partition coefficient (Wildman–Crippen LogP) is 2.42. The maximum atomic E-state index is 11.9. The molecule has 1 saturated heterocycles. The fourth-order valence-corrected chi connectivity index (χ4v) is 3.84. The first kappa shape index (κ1) is 16.8. The van der Waals surface area contributed by atoms with E-state index in [9.17, 15) is 4.79 Å². The van der Waals surface area contributed by atoms with Crippen LogP contribution in [0.5, 0.6) is 0 Å². The van der Waals surface area contributed by atoms with Crippen molar-refractivity contribution in [2.75, 3.05) is 31.6 Å². The second kappa shape index (κ2) is 7.69. The highest BCUT2D eigenvalue weighted by Crippen LogP contribution is 2.27. The summed E-state index contributed by atoms with van der Waals surface area (Å²) < 4.78 is 0. The number of benzene rings is 1. The standard InChI is InChI=1S/C19H28N4O/c1-3-16(22-13-6-9-18(22)24)10-12-21-19(20-2)23-14-11-15-7-4-5-8-17(15)23/h4-5,7-8,16H,3,6,9-14H2,1-2H3,(H,20,21). The quantitative estimate of drug-likeness (QED) is 0.667. The molecule has 1 atom stereocenters. The van der Waals surface area contributed by atoms with Gasteiger partial charge in [0.2, 0.25) is 5.91 Å². The van der Waals surface area contributed by atoms with Crippen molar-refractivity contribution in [2.45, 2.75) is 45.1 Å². The lowest BCUT2D eigenvalue weighted by Gasteiger charge is -2.28. The third-order valence-corrected chi connectivity index (χ3v) is 5.14. The van der Waals surface area contributed by atoms with Crippen molar-refractivity contribution in [3.8, 4) is 0 Å². The Morgan fingerprint density at radius 2 is 2.12 bits per heavy atom. The largest absolute Gasteiger partial charge is 0.356 e. The summed E-state index contributed by atoms with van der Waals surface area (Å²) in [5.74, 6) is 1.25. The van der Waals surface area contributed by atoms with Crippen LogP contribution in [0.15, 0.2) is 29.3 Å². The van der Waals surface area contributed by atoms with Crippen molar-refractivity contribution in [3.63, 3.8) is 0 Å². The lowest BCUT2D eigenvalue weighted by molar-refractivity contribution is -0.129. The highest BCUT2D eigenvalue weighted by atomic mass is 16.2. The number of amides is 1. The number of nitrogens with one attached hydrogen (secondary N) is 1. The molecule has 0 saturated carbocycles. The number of guanidine groups is 1. The zero-order valence-electron chi connectivity index (χ0n) is 14.8. The molecule has 1 aromatic rings. The molecule has 0 aliphatic carbocycles. The van der Waals surface area contributed by atoms with E-state index in [-0.39, 0.29) is 0 Å². The number of rotatable bonds is 5. The number of aliphatic imine (C=N–C) groups is 1. The van der Waals surface area contributed by atoms with Crippen molar-refractivity contribution in [2.24, 2.45) is 4.99 Å². The third kappa shape index (κ3) is 3.40. The van der Waals surface area contributed by atoms with Crippen LogP contribution in [0.3, 0.4) is 0 Å². The number of nitrogens with zero attached hydrogens (tertiary/aromatic N) is 3. The topological polar surface area (TPSA) is 47.9 Å². The minimum Gasteiger partial charge on any atom is -0.356 e. The molecule has 1 unspecified atom stereocenters. The predicted molar refractivity (Wildman–Crippen MR) is 98.5 cm³/mol. The summed E-state index contributed by atoms with van der Waals surface area (Å²) in [5, 5.41) is 3.49. The molecular formula is C19H28N4O. The van der Waals surface area contributed by atoms with E-state index in [1.807, 2.05) is 7.05 Å². The number of carbonyl (C=O) groups excluding carboxylic acids is 1. The maximum Gasteiger partial charge on any atom is 0.222 e. The minimum atomic E-state index is 0.319. The van der Waals surface area contributed by atoms with Gasteiger partial charge in [-0.2, -0.15) is 0 Å². The van der Waals surface area contributed by atoms with Crippen molar-refractivity contribution < 1.29 is 4.79 Å². The molecule has 0 aromatic heterocycles. The fraction of sp³-hybridized carbons (Fsp3) is 0.579. The summed E-state index contributed by atoms with van der Waals surface area (Å²) in [6, 6.07) is 8.87. The molecule has 24 heavy (non-hydrogen) atoms. The van der Waals surface area contributed by atoms with Crippen LogP contribution in [-0.4, -0.2) is 49.5 Å². The van der Waals surface area contributed by atoms with Crippen LogP contribution < -0.4 is 10.2 Å². The average Bonchev–Trinajstić information content (AvgIpc) is 3.22. The van der Waals surface area contributed by atoms with Crippen molar-refractivity contribution >= 4 is 17.6 Å². The van der Waals surface area contributed by atoms with E-state index in [1.54, 1.807) is 0 Å². The van der Waals surface area contributed by atoms with E-state index in [4.69, 9.17) is 0 Å². The van der Waals surface area contributed by atoms with E-state index in [1.165, 1.54) is 11.3 Å². The summed E-state index contributed by atoms with van der Waals surface area (Å²) >= 11 is 0. The summed E-state index contributed by atoms with van der Waals surface area (Å²) in [5.41, 5.74) is 2.64. The Kier molecular flexibility index (Phi) is 5.38. The van der Waals surface area contributed by atoms with Crippen LogP contribution in [-0.2, 0) is 11.2 Å². The number of hydrogen-bond donors (Lipinski definition) is 1. The molecule has 1 N–H and O–H groups in total. The van der Waals surface area contributed by atoms with Gasteiger partial charge >= 0.3 is 0 Å². The smallest absolute Gasteiger partial charge is 0.222 e. The van der Waals surface area contributed by atoms with Gasteiger partial charge in [-0.15, -0.1) is 0 Å². The van der Waals surface area contributed by atoms with Crippen LogP contribution in [0.2, 0.25) is 0 Å². The number of likely N-dealkylation sites (tertiary alicyclic amines) is 1. The molecule has 0 bridgehead atoms. The molecule has 0 radical (unpaired) electrons. The monoisotopic (exact) mass is 328 g/mol. The minimum absolute atomic E-state index is 0.319. The van der Waals surface area contributed by atoms with E-state index in [0.29, 0.717) is 11.9 Å². The van der Waals surface area contributed by atoms with Gasteiger partial charge in [-0.3, -0.25) is 9.79 Å².